The normalized spacial score (nSPS) is 13.5. The Hall–Kier alpha value is -4.64. The summed E-state index contributed by atoms with van der Waals surface area (Å²) in [5, 5.41) is 12.2. The number of para-hydroxylation sites is 1. The Morgan fingerprint density at radius 1 is 0.945 bits per heavy atom. The van der Waals surface area contributed by atoms with Crippen LogP contribution in [0.1, 0.15) is 71.5 Å². The second-order valence-electron chi connectivity index (χ2n) is 14.1. The van der Waals surface area contributed by atoms with Crippen molar-refractivity contribution in [3.05, 3.63) is 113 Å². The van der Waals surface area contributed by atoms with Gasteiger partial charge >= 0.3 is 5.97 Å². The topological polar surface area (TPSA) is 88.8 Å². The summed E-state index contributed by atoms with van der Waals surface area (Å²) in [6.07, 6.45) is 4.31. The number of aromatic nitrogens is 3. The molecule has 9 nitrogen and oxygen atoms in total. The number of rotatable bonds is 17. The third kappa shape index (κ3) is 8.47. The van der Waals surface area contributed by atoms with Crippen molar-refractivity contribution < 1.29 is 23.7 Å². The summed E-state index contributed by atoms with van der Waals surface area (Å²) >= 11 is 3.77. The molecule has 4 aromatic carbocycles. The number of aryl methyl sites for hydroxylation is 3. The van der Waals surface area contributed by atoms with Crippen molar-refractivity contribution in [1.82, 2.24) is 19.7 Å². The molecule has 55 heavy (non-hydrogen) atoms. The number of carbonyl (C=O) groups excluding carboxylic acids is 1. The van der Waals surface area contributed by atoms with E-state index in [2.05, 4.69) is 86.5 Å². The molecule has 0 amide bonds. The van der Waals surface area contributed by atoms with Crippen LogP contribution in [-0.4, -0.2) is 60.3 Å². The van der Waals surface area contributed by atoms with Gasteiger partial charge in [-0.1, -0.05) is 82.7 Å². The van der Waals surface area contributed by atoms with Gasteiger partial charge in [-0.05, 0) is 93.3 Å². The van der Waals surface area contributed by atoms with Crippen LogP contribution in [0.25, 0.3) is 32.8 Å². The Labute approximate surface area is 332 Å². The van der Waals surface area contributed by atoms with Gasteiger partial charge in [0, 0.05) is 54.0 Å². The smallest absolute Gasteiger partial charge is 0.355 e. The van der Waals surface area contributed by atoms with E-state index >= 15 is 0 Å². The maximum Gasteiger partial charge on any atom is 0.355 e. The monoisotopic (exact) mass is 806 g/mol. The van der Waals surface area contributed by atoms with E-state index in [1.165, 1.54) is 5.56 Å². The Balaban J connectivity index is 1.24. The summed E-state index contributed by atoms with van der Waals surface area (Å²) in [4.78, 5) is 14.0. The molecular formula is C45H51BrN4O5. The summed E-state index contributed by atoms with van der Waals surface area (Å²) in [6.45, 7) is 6.04. The summed E-state index contributed by atoms with van der Waals surface area (Å²) in [7, 11) is 3.93. The van der Waals surface area contributed by atoms with Crippen LogP contribution in [0.3, 0.4) is 0 Å². The second kappa shape index (κ2) is 18.3. The second-order valence-corrected chi connectivity index (χ2v) is 14.6. The molecule has 0 bridgehead atoms. The lowest BCUT2D eigenvalue weighted by Crippen LogP contribution is -2.17. The molecular weight excluding hydrogens is 756 g/mol. The molecule has 7 rings (SSSR count). The zero-order valence-corrected chi connectivity index (χ0v) is 33.7. The maximum absolute atomic E-state index is 14.0. The number of hydrogen-bond acceptors (Lipinski definition) is 7. The van der Waals surface area contributed by atoms with Crippen molar-refractivity contribution in [2.24, 2.45) is 7.05 Å². The number of nitrogens with one attached hydrogen (secondary N) is 1. The highest BCUT2D eigenvalue weighted by Gasteiger charge is 2.28. The number of hydrogen-bond donors (Lipinski definition) is 1. The van der Waals surface area contributed by atoms with Gasteiger partial charge in [0.05, 0.1) is 24.4 Å². The fraction of sp³-hybridized carbons (Fsp3) is 0.378. The molecule has 0 spiro atoms. The van der Waals surface area contributed by atoms with Crippen molar-refractivity contribution in [2.75, 3.05) is 40.0 Å². The molecule has 1 aliphatic heterocycles. The fourth-order valence-corrected chi connectivity index (χ4v) is 8.61. The minimum Gasteiger partial charge on any atom is -0.493 e. The van der Waals surface area contributed by atoms with E-state index in [4.69, 9.17) is 24.0 Å². The van der Waals surface area contributed by atoms with Crippen molar-refractivity contribution in [3.63, 3.8) is 0 Å². The van der Waals surface area contributed by atoms with Gasteiger partial charge in [0.2, 0.25) is 0 Å². The van der Waals surface area contributed by atoms with Crippen molar-refractivity contribution in [3.8, 4) is 22.6 Å². The Bertz CT molecular complexity index is 2220. The van der Waals surface area contributed by atoms with E-state index < -0.39 is 0 Å². The third-order valence-electron chi connectivity index (χ3n) is 10.6. The highest BCUT2D eigenvalue weighted by Crippen LogP contribution is 2.40. The third-order valence-corrected chi connectivity index (χ3v) is 11.2. The number of alkyl halides is 1. The minimum absolute atomic E-state index is 0.293. The minimum atomic E-state index is -0.307. The molecule has 10 heteroatoms. The Morgan fingerprint density at radius 2 is 1.71 bits per heavy atom. The van der Waals surface area contributed by atoms with E-state index in [-0.39, 0.29) is 5.97 Å². The van der Waals surface area contributed by atoms with Crippen LogP contribution < -0.4 is 14.8 Å². The van der Waals surface area contributed by atoms with Crippen LogP contribution in [0, 0.1) is 0 Å². The van der Waals surface area contributed by atoms with Gasteiger partial charge in [0.15, 0.2) is 0 Å². The number of carbonyl (C=O) groups is 1. The zero-order valence-electron chi connectivity index (χ0n) is 32.1. The van der Waals surface area contributed by atoms with Gasteiger partial charge in [-0.15, -0.1) is 0 Å². The summed E-state index contributed by atoms with van der Waals surface area (Å²) < 4.78 is 28.3. The molecule has 3 heterocycles. The SMILES string of the molecule is CCOC(=O)c1c(CCCOc2cccc3ccccc23)c2cccc(-c3c(COc4ccc(C5CCOCC5)cc4)nn(C)c3CBr)c2n1CCCNC. The highest BCUT2D eigenvalue weighted by atomic mass is 79.9. The Morgan fingerprint density at radius 3 is 2.49 bits per heavy atom. The van der Waals surface area contributed by atoms with E-state index in [0.717, 1.165) is 107 Å². The summed E-state index contributed by atoms with van der Waals surface area (Å²) in [5.74, 6) is 1.89. The predicted molar refractivity (Wildman–Crippen MR) is 223 cm³/mol. The number of benzene rings is 4. The van der Waals surface area contributed by atoms with Gasteiger partial charge in [-0.25, -0.2) is 4.79 Å². The van der Waals surface area contributed by atoms with E-state index in [1.54, 1.807) is 0 Å². The summed E-state index contributed by atoms with van der Waals surface area (Å²) in [6, 6.07) is 29.3. The van der Waals surface area contributed by atoms with Crippen LogP contribution in [0.5, 0.6) is 11.5 Å². The number of halogens is 1. The van der Waals surface area contributed by atoms with E-state index in [0.29, 0.717) is 49.7 Å². The van der Waals surface area contributed by atoms with Crippen LogP contribution in [0.15, 0.2) is 84.9 Å². The first-order chi connectivity index (χ1) is 27.0. The molecule has 0 atom stereocenters. The molecule has 1 saturated heterocycles. The quantitative estimate of drug-likeness (QED) is 0.0559. The number of esters is 1. The predicted octanol–water partition coefficient (Wildman–Crippen LogP) is 9.36. The van der Waals surface area contributed by atoms with Crippen molar-refractivity contribution in [2.45, 2.75) is 63.4 Å². The first-order valence-electron chi connectivity index (χ1n) is 19.5. The number of nitrogens with zero attached hydrogens (tertiary/aromatic N) is 3. The largest absolute Gasteiger partial charge is 0.493 e. The molecule has 1 fully saturated rings. The van der Waals surface area contributed by atoms with Gasteiger partial charge < -0.3 is 28.8 Å². The standard InChI is InChI=1S/C45H51BrN4O5/c1-4-53-45(51)44-37(16-9-26-54-41-17-7-12-33-11-5-6-13-35(33)41)36-14-8-15-38(43(36)50(44)25-10-24-47-2)42-39(48-49(3)40(42)29-46)30-55-34-20-18-31(19-21-34)32-22-27-52-28-23-32/h5-8,11-15,17-21,32,47H,4,9-10,16,22-30H2,1-3H3. The van der Waals surface area contributed by atoms with Gasteiger partial charge in [-0.2, -0.15) is 5.10 Å². The van der Waals surface area contributed by atoms with Crippen LogP contribution in [-0.2, 0) is 41.4 Å². The first-order valence-corrected chi connectivity index (χ1v) is 20.6. The number of ether oxygens (including phenoxy) is 4. The van der Waals surface area contributed by atoms with Crippen LogP contribution >= 0.6 is 15.9 Å². The van der Waals surface area contributed by atoms with Crippen molar-refractivity contribution >= 4 is 43.6 Å². The molecule has 0 aliphatic carbocycles. The van der Waals surface area contributed by atoms with Crippen LogP contribution in [0.2, 0.25) is 0 Å². The molecule has 1 N–H and O–H groups in total. The summed E-state index contributed by atoms with van der Waals surface area (Å²) in [5.41, 5.74) is 7.82. The average Bonchev–Trinajstić information content (AvgIpc) is 3.72. The lowest BCUT2D eigenvalue weighted by atomic mass is 9.92. The lowest BCUT2D eigenvalue weighted by Gasteiger charge is -2.22. The molecule has 0 saturated carbocycles. The van der Waals surface area contributed by atoms with E-state index in [9.17, 15) is 4.79 Å². The number of fused-ring (bicyclic) bond motifs is 2. The molecule has 0 radical (unpaired) electrons. The molecule has 2 aromatic heterocycles. The zero-order chi connectivity index (χ0) is 38.1. The highest BCUT2D eigenvalue weighted by molar-refractivity contribution is 9.08. The first kappa shape index (κ1) is 38.6. The van der Waals surface area contributed by atoms with Crippen molar-refractivity contribution in [1.29, 1.82) is 0 Å². The van der Waals surface area contributed by atoms with Crippen LogP contribution in [0.4, 0.5) is 0 Å². The molecule has 288 valence electrons. The van der Waals surface area contributed by atoms with Gasteiger partial charge in [-0.3, -0.25) is 4.68 Å². The molecule has 0 unspecified atom stereocenters. The fourth-order valence-electron chi connectivity index (χ4n) is 7.96. The Kier molecular flexibility index (Phi) is 12.9. The van der Waals surface area contributed by atoms with Gasteiger partial charge in [0.25, 0.3) is 0 Å². The maximum atomic E-state index is 14.0. The average molecular weight is 808 g/mol. The molecule has 1 aliphatic rings. The lowest BCUT2D eigenvalue weighted by molar-refractivity contribution is 0.0512. The molecule has 6 aromatic rings. The van der Waals surface area contributed by atoms with E-state index in [1.807, 2.05) is 50.0 Å². The van der Waals surface area contributed by atoms with Gasteiger partial charge in [0.1, 0.15) is 29.5 Å².